The van der Waals surface area contributed by atoms with Gasteiger partial charge < -0.3 is 24.1 Å². The molecule has 1 amide bonds. The van der Waals surface area contributed by atoms with Gasteiger partial charge in [0.05, 0.1) is 11.5 Å². The van der Waals surface area contributed by atoms with Gasteiger partial charge in [0.1, 0.15) is 30.0 Å². The number of aliphatic hydroxyl groups excluding tert-OH is 2. The number of aromatic nitrogens is 1. The van der Waals surface area contributed by atoms with Crippen LogP contribution < -0.4 is 15.3 Å². The van der Waals surface area contributed by atoms with Crippen LogP contribution in [0, 0.1) is 0 Å². The first kappa shape index (κ1) is 30.4. The van der Waals surface area contributed by atoms with Crippen LogP contribution in [0.25, 0.3) is 0 Å². The summed E-state index contributed by atoms with van der Waals surface area (Å²) in [5.74, 6) is 0. The Morgan fingerprint density at radius 1 is 0.975 bits per heavy atom. The molecule has 0 spiro atoms. The van der Waals surface area contributed by atoms with Crippen LogP contribution in [0.1, 0.15) is 52.5 Å². The summed E-state index contributed by atoms with van der Waals surface area (Å²) in [6, 6.07) is 20.5. The predicted octanol–water partition coefficient (Wildman–Crippen LogP) is 4.25. The number of aliphatic hydroxyl groups is 2. The highest BCUT2D eigenvalue weighted by atomic mass is 32.1. The van der Waals surface area contributed by atoms with Crippen molar-refractivity contribution in [2.45, 2.75) is 76.6 Å². The standard InChI is InChI=1S/C30H40N2O6SSi/c1-29(2,3)38-28(35)32(7)27-31-18-23(39-27)26-25(34)24(33)22(37-26)19-36-40(30(4,5)6,20-14-10-8-11-15-20)21-16-12-9-13-17-21/h8-18,22,24-26,33-34H,19H2,1-7H3/t22-,24-,25-,26-/m1/s1. The summed E-state index contributed by atoms with van der Waals surface area (Å²) in [6.45, 7) is 12.0. The fourth-order valence-corrected chi connectivity index (χ4v) is 10.6. The first-order valence-electron chi connectivity index (χ1n) is 13.4. The highest BCUT2D eigenvalue weighted by Gasteiger charge is 2.52. The molecule has 1 aliphatic rings. The maximum Gasteiger partial charge on any atom is 0.416 e. The molecule has 0 unspecified atom stereocenters. The monoisotopic (exact) mass is 584 g/mol. The zero-order valence-electron chi connectivity index (χ0n) is 24.2. The minimum atomic E-state index is -2.85. The van der Waals surface area contributed by atoms with E-state index in [2.05, 4.69) is 50.0 Å². The van der Waals surface area contributed by atoms with Crippen LogP contribution in [-0.4, -0.2) is 67.2 Å². The zero-order valence-corrected chi connectivity index (χ0v) is 26.0. The van der Waals surface area contributed by atoms with E-state index in [1.165, 1.54) is 16.2 Å². The molecule has 1 aromatic heterocycles. The predicted molar refractivity (Wildman–Crippen MR) is 160 cm³/mol. The normalized spacial score (nSPS) is 21.8. The lowest BCUT2D eigenvalue weighted by molar-refractivity contribution is -0.0180. The first-order chi connectivity index (χ1) is 18.7. The molecular weight excluding hydrogens is 544 g/mol. The number of hydrogen-bond acceptors (Lipinski definition) is 8. The van der Waals surface area contributed by atoms with Gasteiger partial charge in [-0.15, -0.1) is 0 Å². The average Bonchev–Trinajstić information content (AvgIpc) is 3.49. The third kappa shape index (κ3) is 6.17. The van der Waals surface area contributed by atoms with Gasteiger partial charge in [-0.05, 0) is 36.2 Å². The molecular formula is C30H40N2O6SSi. The number of benzene rings is 2. The maximum absolute atomic E-state index is 12.5. The van der Waals surface area contributed by atoms with E-state index in [0.717, 1.165) is 10.4 Å². The van der Waals surface area contributed by atoms with Crippen molar-refractivity contribution in [2.24, 2.45) is 0 Å². The fraction of sp³-hybridized carbons (Fsp3) is 0.467. The molecule has 8 nitrogen and oxygen atoms in total. The molecule has 1 aliphatic heterocycles. The Morgan fingerprint density at radius 3 is 2.02 bits per heavy atom. The van der Waals surface area contributed by atoms with E-state index in [0.29, 0.717) is 10.0 Å². The quantitative estimate of drug-likeness (QED) is 0.401. The smallest absolute Gasteiger partial charge is 0.416 e. The number of hydrogen-bond donors (Lipinski definition) is 2. The van der Waals surface area contributed by atoms with Crippen LogP contribution >= 0.6 is 11.3 Å². The number of ether oxygens (including phenoxy) is 2. The Hall–Kier alpha value is -2.60. The van der Waals surface area contributed by atoms with Crippen molar-refractivity contribution in [3.05, 3.63) is 71.7 Å². The summed E-state index contributed by atoms with van der Waals surface area (Å²) >= 11 is 1.21. The first-order valence-corrected chi connectivity index (χ1v) is 16.2. The lowest BCUT2D eigenvalue weighted by atomic mass is 10.1. The fourth-order valence-electron chi connectivity index (χ4n) is 5.06. The van der Waals surface area contributed by atoms with Crippen molar-refractivity contribution in [1.82, 2.24) is 4.98 Å². The number of carbonyl (C=O) groups excluding carboxylic acids is 1. The summed E-state index contributed by atoms with van der Waals surface area (Å²) in [5.41, 5.74) is -0.640. The number of rotatable bonds is 7. The van der Waals surface area contributed by atoms with Gasteiger partial charge in [0, 0.05) is 13.2 Å². The van der Waals surface area contributed by atoms with Crippen molar-refractivity contribution in [3.63, 3.8) is 0 Å². The molecule has 1 fully saturated rings. The van der Waals surface area contributed by atoms with Gasteiger partial charge in [0.25, 0.3) is 8.32 Å². The zero-order chi connectivity index (χ0) is 29.3. The topological polar surface area (TPSA) is 101 Å². The summed E-state index contributed by atoms with van der Waals surface area (Å²) in [7, 11) is -1.27. The molecule has 216 valence electrons. The van der Waals surface area contributed by atoms with Gasteiger partial charge >= 0.3 is 6.09 Å². The van der Waals surface area contributed by atoms with E-state index in [1.54, 1.807) is 34.0 Å². The number of carbonyl (C=O) groups is 1. The third-order valence-corrected chi connectivity index (χ3v) is 13.1. The SMILES string of the molecule is CN(C(=O)OC(C)(C)C)c1ncc([C@H]2O[C@H](CO[Si](c3ccccc3)(c3ccccc3)C(C)(C)C)[C@@H](O)[C@H]2O)s1. The molecule has 0 bridgehead atoms. The molecule has 4 atom stereocenters. The Labute approximate surface area is 241 Å². The molecule has 0 radical (unpaired) electrons. The molecule has 3 aromatic rings. The highest BCUT2D eigenvalue weighted by Crippen LogP contribution is 2.41. The van der Waals surface area contributed by atoms with Crippen LogP contribution in [-0.2, 0) is 13.9 Å². The Kier molecular flexibility index (Phi) is 8.89. The van der Waals surface area contributed by atoms with Crippen LogP contribution in [0.4, 0.5) is 9.93 Å². The minimum absolute atomic E-state index is 0.103. The second kappa shape index (κ2) is 11.7. The lowest BCUT2D eigenvalue weighted by Gasteiger charge is -2.43. The summed E-state index contributed by atoms with van der Waals surface area (Å²) in [5, 5.41) is 24.4. The van der Waals surface area contributed by atoms with Gasteiger partial charge in [-0.3, -0.25) is 4.90 Å². The third-order valence-electron chi connectivity index (χ3n) is 6.99. The Balaban J connectivity index is 1.56. The van der Waals surface area contributed by atoms with Crippen LogP contribution in [0.3, 0.4) is 0 Å². The molecule has 0 saturated carbocycles. The molecule has 2 aromatic carbocycles. The summed E-state index contributed by atoms with van der Waals surface area (Å²) < 4.78 is 18.6. The van der Waals surface area contributed by atoms with Crippen molar-refractivity contribution in [2.75, 3.05) is 18.6 Å². The van der Waals surface area contributed by atoms with Gasteiger partial charge in [0.15, 0.2) is 5.13 Å². The van der Waals surface area contributed by atoms with Crippen molar-refractivity contribution in [3.8, 4) is 0 Å². The van der Waals surface area contributed by atoms with Crippen molar-refractivity contribution in [1.29, 1.82) is 0 Å². The van der Waals surface area contributed by atoms with Gasteiger partial charge in [-0.1, -0.05) is 92.8 Å². The van der Waals surface area contributed by atoms with Gasteiger partial charge in [-0.25, -0.2) is 9.78 Å². The molecule has 0 aliphatic carbocycles. The van der Waals surface area contributed by atoms with E-state index >= 15 is 0 Å². The number of anilines is 1. The van der Waals surface area contributed by atoms with E-state index < -0.39 is 44.4 Å². The summed E-state index contributed by atoms with van der Waals surface area (Å²) in [4.78, 5) is 18.8. The van der Waals surface area contributed by atoms with E-state index in [1.807, 2.05) is 36.4 Å². The molecule has 10 heteroatoms. The number of amides is 1. The highest BCUT2D eigenvalue weighted by molar-refractivity contribution is 7.15. The largest absolute Gasteiger partial charge is 0.443 e. The maximum atomic E-state index is 12.5. The average molecular weight is 585 g/mol. The minimum Gasteiger partial charge on any atom is -0.443 e. The van der Waals surface area contributed by atoms with Crippen LogP contribution in [0.2, 0.25) is 5.04 Å². The van der Waals surface area contributed by atoms with Crippen LogP contribution in [0.5, 0.6) is 0 Å². The number of nitrogens with zero attached hydrogens (tertiary/aromatic N) is 2. The molecule has 40 heavy (non-hydrogen) atoms. The summed E-state index contributed by atoms with van der Waals surface area (Å²) in [6.07, 6.45) is -2.85. The van der Waals surface area contributed by atoms with E-state index in [4.69, 9.17) is 13.9 Å². The molecule has 4 rings (SSSR count). The molecule has 2 heterocycles. The van der Waals surface area contributed by atoms with Gasteiger partial charge in [-0.2, -0.15) is 0 Å². The van der Waals surface area contributed by atoms with Crippen LogP contribution in [0.15, 0.2) is 66.9 Å². The lowest BCUT2D eigenvalue weighted by Crippen LogP contribution is -2.67. The van der Waals surface area contributed by atoms with Crippen molar-refractivity contribution >= 4 is 41.3 Å². The van der Waals surface area contributed by atoms with Gasteiger partial charge in [0.2, 0.25) is 0 Å². The molecule has 2 N–H and O–H groups in total. The Morgan fingerprint density at radius 2 is 1.52 bits per heavy atom. The second-order valence-electron chi connectivity index (χ2n) is 12.1. The Bertz CT molecular complexity index is 1240. The van der Waals surface area contributed by atoms with Crippen molar-refractivity contribution < 1.29 is 28.9 Å². The van der Waals surface area contributed by atoms with E-state index in [-0.39, 0.29) is 11.6 Å². The second-order valence-corrected chi connectivity index (χ2v) is 17.5. The molecule has 1 saturated heterocycles. The number of thiazole rings is 1. The van der Waals surface area contributed by atoms with E-state index in [9.17, 15) is 15.0 Å².